The number of carboxylic acid groups (broad SMARTS) is 2. The van der Waals surface area contributed by atoms with E-state index in [0.717, 1.165) is 0 Å². The number of hydrogen-bond donors (Lipinski definition) is 3. The van der Waals surface area contributed by atoms with Gasteiger partial charge in [-0.2, -0.15) is 0 Å². The molecule has 0 amide bonds. The van der Waals surface area contributed by atoms with Crippen LogP contribution in [0.4, 0.5) is 0 Å². The van der Waals surface area contributed by atoms with Crippen LogP contribution in [-0.4, -0.2) is 103 Å². The molecule has 4 N–H and O–H groups in total. The zero-order valence-corrected chi connectivity index (χ0v) is 4.57. The van der Waals surface area contributed by atoms with Gasteiger partial charge in [0.15, 0.2) is 0 Å². The molecule has 0 aliphatic rings. The monoisotopic (exact) mass is 199 g/mol. The van der Waals surface area contributed by atoms with Crippen molar-refractivity contribution < 1.29 is 19.8 Å². The van der Waals surface area contributed by atoms with Gasteiger partial charge in [0.1, 0.15) is 6.04 Å². The Morgan fingerprint density at radius 2 is 1.73 bits per heavy atom. The second-order valence-electron chi connectivity index (χ2n) is 1.54. The molecule has 0 heterocycles. The average molecular weight is 200 g/mol. The molecule has 0 rings (SSSR count). The van der Waals surface area contributed by atoms with E-state index in [-0.39, 0.29) is 74.4 Å². The third-order valence-electron chi connectivity index (χ3n) is 0.712. The van der Waals surface area contributed by atoms with Crippen LogP contribution in [0.1, 0.15) is 6.42 Å². The van der Waals surface area contributed by atoms with Gasteiger partial charge in [-0.1, -0.05) is 0 Å². The van der Waals surface area contributed by atoms with Crippen molar-refractivity contribution in [3.05, 3.63) is 0 Å². The van der Waals surface area contributed by atoms with Crippen molar-refractivity contribution in [3.63, 3.8) is 0 Å². The third-order valence-corrected chi connectivity index (χ3v) is 0.712. The van der Waals surface area contributed by atoms with Crippen LogP contribution in [0.2, 0.25) is 0 Å². The molecule has 58 valence electrons. The molecule has 0 saturated carbocycles. The largest absolute Gasteiger partial charge is 0.316 e. The predicted molar refractivity (Wildman–Crippen MR) is 43.6 cm³/mol. The summed E-state index contributed by atoms with van der Waals surface area (Å²) in [7, 11) is 0. The maximum absolute atomic E-state index is 9.85. The van der Waals surface area contributed by atoms with Gasteiger partial charge in [0, 0.05) is 0 Å². The molecular weight excluding hydrogens is 189 g/mol. The quantitative estimate of drug-likeness (QED) is 0.430. The zero-order valence-electron chi connectivity index (χ0n) is 4.57. The SMILES string of the molecule is NC(CC(=O)O)C(=O)O.[KH].[MgH2]. The molecule has 1 atom stereocenters. The van der Waals surface area contributed by atoms with Gasteiger partial charge in [-0.05, 0) is 0 Å². The first-order valence-electron chi connectivity index (χ1n) is 2.24. The summed E-state index contributed by atoms with van der Waals surface area (Å²) in [5.74, 6) is -2.50. The van der Waals surface area contributed by atoms with Crippen molar-refractivity contribution in [2.75, 3.05) is 0 Å². The molecule has 5 nitrogen and oxygen atoms in total. The molecule has 0 saturated heterocycles. The third kappa shape index (κ3) is 11.3. The minimum Gasteiger partial charge on any atom is 0.316 e. The maximum Gasteiger partial charge on any atom is 0.316 e. The van der Waals surface area contributed by atoms with Gasteiger partial charge in [0.05, 0.1) is 6.42 Å². The summed E-state index contributed by atoms with van der Waals surface area (Å²) in [6.07, 6.45) is -0.532. The van der Waals surface area contributed by atoms with Crippen molar-refractivity contribution in [1.82, 2.24) is 0 Å². The second-order valence-corrected chi connectivity index (χ2v) is 1.54. The van der Waals surface area contributed by atoms with E-state index in [0.29, 0.717) is 0 Å². The van der Waals surface area contributed by atoms with E-state index < -0.39 is 24.4 Å². The van der Waals surface area contributed by atoms with E-state index in [1.54, 1.807) is 0 Å². The van der Waals surface area contributed by atoms with E-state index in [4.69, 9.17) is 15.9 Å². The van der Waals surface area contributed by atoms with Gasteiger partial charge < -0.3 is 15.9 Å². The summed E-state index contributed by atoms with van der Waals surface area (Å²) in [5, 5.41) is 16.0. The first-order valence-corrected chi connectivity index (χ1v) is 2.24. The van der Waals surface area contributed by atoms with E-state index in [2.05, 4.69) is 0 Å². The molecule has 0 aliphatic carbocycles. The number of nitrogens with two attached hydrogens (primary N) is 1. The Morgan fingerprint density at radius 1 is 1.36 bits per heavy atom. The Labute approximate surface area is 122 Å². The van der Waals surface area contributed by atoms with Crippen LogP contribution in [0, 0.1) is 0 Å². The standard InChI is InChI=1S/C4H7NO4.K.Mg.3H/c5-2(4(8)9)1-3(6)7;;;;;/h2H,1,5H2,(H,6,7)(H,8,9);;;;;. The number of aliphatic carboxylic acids is 2. The van der Waals surface area contributed by atoms with Crippen LogP contribution in [0.25, 0.3) is 0 Å². The minimum atomic E-state index is -1.29. The molecule has 0 aliphatic heterocycles. The molecule has 0 fully saturated rings. The fourth-order valence-corrected chi connectivity index (χ4v) is 0.275. The van der Waals surface area contributed by atoms with Crippen LogP contribution in [0.5, 0.6) is 0 Å². The summed E-state index contributed by atoms with van der Waals surface area (Å²) >= 11 is 0. The Bertz CT molecular complexity index is 142. The Kier molecular flexibility index (Phi) is 15.5. The van der Waals surface area contributed by atoms with E-state index in [1.165, 1.54) is 0 Å². The first-order chi connectivity index (χ1) is 4.04. The molecule has 0 aromatic heterocycles. The smallest absolute Gasteiger partial charge is 0.316 e. The molecule has 0 bridgehead atoms. The number of carbonyl (C=O) groups is 2. The van der Waals surface area contributed by atoms with E-state index >= 15 is 0 Å². The zero-order chi connectivity index (χ0) is 7.44. The molecular formula is C4H10KMgNO4. The molecule has 0 radical (unpaired) electrons. The molecule has 7 heteroatoms. The summed E-state index contributed by atoms with van der Waals surface area (Å²) in [4.78, 5) is 19.6. The van der Waals surface area contributed by atoms with Crippen molar-refractivity contribution in [2.45, 2.75) is 12.5 Å². The number of rotatable bonds is 3. The Hall–Kier alpha value is 1.30. The summed E-state index contributed by atoms with van der Waals surface area (Å²) in [5.41, 5.74) is 4.84. The van der Waals surface area contributed by atoms with Gasteiger partial charge in [0.2, 0.25) is 0 Å². The summed E-state index contributed by atoms with van der Waals surface area (Å²) in [6, 6.07) is -1.29. The van der Waals surface area contributed by atoms with E-state index in [9.17, 15) is 9.59 Å². The fraction of sp³-hybridized carbons (Fsp3) is 0.500. The molecule has 0 aromatic rings. The second kappa shape index (κ2) is 9.39. The van der Waals surface area contributed by atoms with Crippen LogP contribution in [-0.2, 0) is 9.59 Å². The van der Waals surface area contributed by atoms with Gasteiger partial charge in [0.25, 0.3) is 0 Å². The van der Waals surface area contributed by atoms with Crippen molar-refractivity contribution in [3.8, 4) is 0 Å². The molecule has 1 unspecified atom stereocenters. The van der Waals surface area contributed by atoms with Gasteiger partial charge in [-0.15, -0.1) is 0 Å². The van der Waals surface area contributed by atoms with Crippen molar-refractivity contribution >= 4 is 86.4 Å². The van der Waals surface area contributed by atoms with Gasteiger partial charge in [-0.25, -0.2) is 0 Å². The van der Waals surface area contributed by atoms with Crippen molar-refractivity contribution in [1.29, 1.82) is 0 Å². The minimum absolute atomic E-state index is 0. The molecule has 0 spiro atoms. The van der Waals surface area contributed by atoms with Gasteiger partial charge >= 0.3 is 86.4 Å². The summed E-state index contributed by atoms with van der Waals surface area (Å²) in [6.45, 7) is 0. The predicted octanol–water partition coefficient (Wildman–Crippen LogP) is -2.69. The number of hydrogen-bond acceptors (Lipinski definition) is 3. The van der Waals surface area contributed by atoms with E-state index in [1.807, 2.05) is 0 Å². The Morgan fingerprint density at radius 3 is 1.82 bits per heavy atom. The normalized spacial score (nSPS) is 10.3. The average Bonchev–Trinajstić information content (AvgIpc) is 1.63. The molecule has 11 heavy (non-hydrogen) atoms. The fourth-order valence-electron chi connectivity index (χ4n) is 0.275. The van der Waals surface area contributed by atoms with Gasteiger partial charge in [-0.3, -0.25) is 9.59 Å². The molecule has 0 aromatic carbocycles. The summed E-state index contributed by atoms with van der Waals surface area (Å²) < 4.78 is 0. The maximum atomic E-state index is 9.85. The number of carboxylic acids is 2. The van der Waals surface area contributed by atoms with Crippen LogP contribution < -0.4 is 5.73 Å². The van der Waals surface area contributed by atoms with Crippen LogP contribution >= 0.6 is 0 Å². The van der Waals surface area contributed by atoms with Crippen LogP contribution in [0.15, 0.2) is 0 Å². The topological polar surface area (TPSA) is 101 Å². The van der Waals surface area contributed by atoms with Crippen molar-refractivity contribution in [2.24, 2.45) is 5.73 Å². The first kappa shape index (κ1) is 18.2. The Balaban J connectivity index is -0.000000320. The van der Waals surface area contributed by atoms with Crippen LogP contribution in [0.3, 0.4) is 0 Å².